The van der Waals surface area contributed by atoms with Crippen molar-refractivity contribution < 1.29 is 22.8 Å². The largest absolute Gasteiger partial charge is 0.416 e. The number of anilines is 1. The summed E-state index contributed by atoms with van der Waals surface area (Å²) in [6.07, 6.45) is -2.98. The van der Waals surface area contributed by atoms with E-state index in [0.717, 1.165) is 17.7 Å². The Bertz CT molecular complexity index is 1720. The lowest BCUT2D eigenvalue weighted by Gasteiger charge is -2.12. The van der Waals surface area contributed by atoms with Crippen molar-refractivity contribution in [3.63, 3.8) is 0 Å². The molecule has 0 aliphatic carbocycles. The van der Waals surface area contributed by atoms with Gasteiger partial charge in [0.05, 0.1) is 16.6 Å². The van der Waals surface area contributed by atoms with Crippen LogP contribution < -0.4 is 10.6 Å². The highest BCUT2D eigenvalue weighted by molar-refractivity contribution is 6.30. The van der Waals surface area contributed by atoms with E-state index in [1.165, 1.54) is 18.3 Å². The number of nitrogens with zero attached hydrogens (tertiary/aromatic N) is 1. The topological polar surface area (TPSA) is 71.1 Å². The highest BCUT2D eigenvalue weighted by Crippen LogP contribution is 2.32. The van der Waals surface area contributed by atoms with Gasteiger partial charge in [-0.15, -0.1) is 0 Å². The lowest BCUT2D eigenvalue weighted by molar-refractivity contribution is -0.137. The number of alkyl halides is 3. The molecule has 0 fully saturated rings. The summed E-state index contributed by atoms with van der Waals surface area (Å²) in [5.41, 5.74) is 2.84. The maximum atomic E-state index is 13.2. The van der Waals surface area contributed by atoms with Crippen LogP contribution in [0, 0.1) is 0 Å². The summed E-state index contributed by atoms with van der Waals surface area (Å²) in [5.74, 6) is -0.710. The van der Waals surface area contributed by atoms with Crippen molar-refractivity contribution in [2.45, 2.75) is 12.7 Å². The van der Waals surface area contributed by atoms with Crippen molar-refractivity contribution >= 4 is 40.0 Å². The number of pyridine rings is 1. The van der Waals surface area contributed by atoms with E-state index in [9.17, 15) is 22.8 Å². The molecule has 0 unspecified atom stereocenters. The van der Waals surface area contributed by atoms with E-state index in [4.69, 9.17) is 11.6 Å². The van der Waals surface area contributed by atoms with Gasteiger partial charge in [-0.2, -0.15) is 13.2 Å². The summed E-state index contributed by atoms with van der Waals surface area (Å²) in [5, 5.41) is 6.96. The Morgan fingerprint density at radius 2 is 1.60 bits per heavy atom. The van der Waals surface area contributed by atoms with Crippen LogP contribution in [0.4, 0.5) is 18.9 Å². The van der Waals surface area contributed by atoms with E-state index in [1.54, 1.807) is 60.7 Å². The molecule has 40 heavy (non-hydrogen) atoms. The predicted octanol–water partition coefficient (Wildman–Crippen LogP) is 7.76. The van der Waals surface area contributed by atoms with Gasteiger partial charge in [0.2, 0.25) is 0 Å². The second kappa shape index (κ2) is 11.2. The minimum Gasteiger partial charge on any atom is -0.348 e. The number of amides is 2. The maximum Gasteiger partial charge on any atom is 0.416 e. The number of aromatic nitrogens is 1. The normalized spacial score (nSPS) is 11.3. The lowest BCUT2D eigenvalue weighted by atomic mass is 9.98. The van der Waals surface area contributed by atoms with Crippen LogP contribution in [0.5, 0.6) is 0 Å². The number of hydrogen-bond donors (Lipinski definition) is 2. The molecule has 0 saturated carbocycles. The second-order valence-electron chi connectivity index (χ2n) is 9.02. The first kappa shape index (κ1) is 26.9. The minimum absolute atomic E-state index is 0.286. The number of carbonyl (C=O) groups is 2. The number of hydrogen-bond acceptors (Lipinski definition) is 3. The van der Waals surface area contributed by atoms with Crippen molar-refractivity contribution in [1.82, 2.24) is 10.3 Å². The Hall–Kier alpha value is -4.69. The molecular weight excluding hydrogens is 539 g/mol. The molecule has 2 amide bonds. The van der Waals surface area contributed by atoms with Gasteiger partial charge in [0.25, 0.3) is 11.8 Å². The molecule has 4 aromatic carbocycles. The maximum absolute atomic E-state index is 13.2. The first-order valence-corrected chi connectivity index (χ1v) is 12.6. The minimum atomic E-state index is -4.44. The Labute approximate surface area is 232 Å². The molecule has 2 N–H and O–H groups in total. The molecule has 200 valence electrons. The predicted molar refractivity (Wildman–Crippen MR) is 149 cm³/mol. The van der Waals surface area contributed by atoms with Gasteiger partial charge in [-0.25, -0.2) is 0 Å². The molecule has 0 aliphatic rings. The molecule has 1 aromatic heterocycles. The summed E-state index contributed by atoms with van der Waals surface area (Å²) >= 11 is 5.99. The van der Waals surface area contributed by atoms with E-state index in [0.29, 0.717) is 50.4 Å². The van der Waals surface area contributed by atoms with Crippen molar-refractivity contribution in [2.24, 2.45) is 0 Å². The standard InChI is InChI=1S/C31H21ClF3N3O2/c32-24-5-3-4-19(14-24)17-37-29(39)22-15-21-10-13-25(16-28(21)36-18-22)38-30(40)27-7-2-1-6-26(27)20-8-11-23(12-9-20)31(33,34)35/h1-16,18H,17H2,(H,37,39)(H,38,40). The van der Waals surface area contributed by atoms with Crippen LogP contribution in [-0.4, -0.2) is 16.8 Å². The van der Waals surface area contributed by atoms with Gasteiger partial charge in [-0.05, 0) is 65.2 Å². The van der Waals surface area contributed by atoms with Gasteiger partial charge in [0, 0.05) is 34.4 Å². The summed E-state index contributed by atoms with van der Waals surface area (Å²) < 4.78 is 38.9. The molecule has 0 radical (unpaired) electrons. The van der Waals surface area contributed by atoms with Crippen LogP contribution in [0.25, 0.3) is 22.0 Å². The van der Waals surface area contributed by atoms with Crippen LogP contribution in [0.15, 0.2) is 103 Å². The number of rotatable bonds is 6. The summed E-state index contributed by atoms with van der Waals surface area (Å²) in [4.78, 5) is 30.2. The molecule has 0 saturated heterocycles. The third kappa shape index (κ3) is 6.13. The Kier molecular flexibility index (Phi) is 7.53. The average molecular weight is 560 g/mol. The fourth-order valence-corrected chi connectivity index (χ4v) is 4.44. The number of nitrogens with one attached hydrogen (secondary N) is 2. The van der Waals surface area contributed by atoms with Crippen LogP contribution in [0.2, 0.25) is 5.02 Å². The second-order valence-corrected chi connectivity index (χ2v) is 9.46. The number of fused-ring (bicyclic) bond motifs is 1. The van der Waals surface area contributed by atoms with Crippen molar-refractivity contribution in [3.05, 3.63) is 131 Å². The van der Waals surface area contributed by atoms with Crippen LogP contribution >= 0.6 is 11.6 Å². The van der Waals surface area contributed by atoms with Gasteiger partial charge in [0.1, 0.15) is 0 Å². The molecule has 0 atom stereocenters. The first-order chi connectivity index (χ1) is 19.2. The van der Waals surface area contributed by atoms with Crippen LogP contribution in [0.3, 0.4) is 0 Å². The quantitative estimate of drug-likeness (QED) is 0.223. The molecule has 0 bridgehead atoms. The zero-order valence-electron chi connectivity index (χ0n) is 20.8. The van der Waals surface area contributed by atoms with Crippen LogP contribution in [-0.2, 0) is 12.7 Å². The van der Waals surface area contributed by atoms with E-state index in [2.05, 4.69) is 15.6 Å². The molecule has 5 nitrogen and oxygen atoms in total. The van der Waals surface area contributed by atoms with E-state index < -0.39 is 17.6 Å². The zero-order chi connectivity index (χ0) is 28.3. The van der Waals surface area contributed by atoms with Gasteiger partial charge in [0.15, 0.2) is 0 Å². The number of carbonyl (C=O) groups excluding carboxylic acids is 2. The Balaban J connectivity index is 1.31. The molecule has 5 aromatic rings. The Morgan fingerprint density at radius 3 is 2.35 bits per heavy atom. The zero-order valence-corrected chi connectivity index (χ0v) is 21.6. The van der Waals surface area contributed by atoms with Crippen LogP contribution in [0.1, 0.15) is 31.8 Å². The van der Waals surface area contributed by atoms with Gasteiger partial charge >= 0.3 is 6.18 Å². The number of halogens is 4. The summed E-state index contributed by atoms with van der Waals surface area (Å²) in [7, 11) is 0. The van der Waals surface area contributed by atoms with Crippen molar-refractivity contribution in [1.29, 1.82) is 0 Å². The summed E-state index contributed by atoms with van der Waals surface area (Å²) in [6, 6.07) is 25.4. The third-order valence-electron chi connectivity index (χ3n) is 6.24. The molecule has 0 spiro atoms. The molecule has 1 heterocycles. The molecule has 0 aliphatic heterocycles. The number of benzene rings is 4. The van der Waals surface area contributed by atoms with E-state index >= 15 is 0 Å². The molecule has 5 rings (SSSR count). The van der Waals surface area contributed by atoms with Gasteiger partial charge in [-0.1, -0.05) is 60.1 Å². The van der Waals surface area contributed by atoms with Crippen molar-refractivity contribution in [3.8, 4) is 11.1 Å². The van der Waals surface area contributed by atoms with Gasteiger partial charge < -0.3 is 10.6 Å². The van der Waals surface area contributed by atoms with E-state index in [1.807, 2.05) is 12.1 Å². The lowest BCUT2D eigenvalue weighted by Crippen LogP contribution is -2.22. The van der Waals surface area contributed by atoms with Crippen molar-refractivity contribution in [2.75, 3.05) is 5.32 Å². The molecule has 9 heteroatoms. The summed E-state index contributed by atoms with van der Waals surface area (Å²) in [6.45, 7) is 0.316. The third-order valence-corrected chi connectivity index (χ3v) is 6.48. The van der Waals surface area contributed by atoms with E-state index in [-0.39, 0.29) is 5.91 Å². The fraction of sp³-hybridized carbons (Fsp3) is 0.0645. The highest BCUT2D eigenvalue weighted by atomic mass is 35.5. The fourth-order valence-electron chi connectivity index (χ4n) is 4.22. The first-order valence-electron chi connectivity index (χ1n) is 12.2. The average Bonchev–Trinajstić information content (AvgIpc) is 2.95. The highest BCUT2D eigenvalue weighted by Gasteiger charge is 2.30. The SMILES string of the molecule is O=C(NCc1cccc(Cl)c1)c1cnc2cc(NC(=O)c3ccccc3-c3ccc(C(F)(F)F)cc3)ccc2c1. The Morgan fingerprint density at radius 1 is 0.825 bits per heavy atom. The monoisotopic (exact) mass is 559 g/mol. The van der Waals surface area contributed by atoms with Gasteiger partial charge in [-0.3, -0.25) is 14.6 Å². The smallest absolute Gasteiger partial charge is 0.348 e. The molecular formula is C31H21ClF3N3O2.